The number of unbranched alkanes of at least 4 members (excludes halogenated alkanes) is 46. The Hall–Kier alpha value is -2.63. The Balaban J connectivity index is 4.29. The van der Waals surface area contributed by atoms with Crippen molar-refractivity contribution in [2.75, 3.05) is 13.2 Å². The zero-order valence-electron chi connectivity index (χ0n) is 53.2. The molecular formula is C73H134O6. The lowest BCUT2D eigenvalue weighted by Gasteiger charge is -2.18. The third kappa shape index (κ3) is 66.1. The standard InChI is InChI=1S/C73H134O6/c1-4-7-10-13-16-19-22-25-28-30-32-34-35-36-37-39-40-42-45-48-51-54-57-60-63-66-72(75)78-69-70(68-77-71(74)65-62-59-56-53-50-47-44-27-24-21-18-15-12-9-6-3)79-73(76)67-64-61-58-55-52-49-46-43-41-38-33-31-29-26-23-20-17-14-11-8-5-2/h22-23,25-26,30-33,70H,4-21,24,27-29,34-69H2,1-3H3/b25-22-,26-23-,32-30-,33-31-. The van der Waals surface area contributed by atoms with Crippen molar-refractivity contribution in [3.8, 4) is 0 Å². The number of carbonyl (C=O) groups excluding carboxylic acids is 3. The molecule has 0 fully saturated rings. The SMILES string of the molecule is CCCCCCC/C=C\C/C=C\CCCCCCCCCCCCCCCC(=O)OCC(COC(=O)CCCCCCCCCCCCCCCCC)OC(=O)CCCCCCCCCCC/C=C\C/C=C\CCCCCCC. The summed E-state index contributed by atoms with van der Waals surface area (Å²) in [7, 11) is 0. The van der Waals surface area contributed by atoms with Gasteiger partial charge in [-0.15, -0.1) is 0 Å². The van der Waals surface area contributed by atoms with Gasteiger partial charge in [-0.3, -0.25) is 14.4 Å². The van der Waals surface area contributed by atoms with Crippen LogP contribution in [-0.4, -0.2) is 37.2 Å². The van der Waals surface area contributed by atoms with E-state index in [-0.39, 0.29) is 31.1 Å². The van der Waals surface area contributed by atoms with E-state index >= 15 is 0 Å². The molecule has 0 spiro atoms. The van der Waals surface area contributed by atoms with Crippen LogP contribution in [0.15, 0.2) is 48.6 Å². The molecule has 0 aliphatic rings. The molecule has 0 saturated heterocycles. The number of hydrogen-bond acceptors (Lipinski definition) is 6. The van der Waals surface area contributed by atoms with Crippen molar-refractivity contribution in [1.29, 1.82) is 0 Å². The monoisotopic (exact) mass is 1110 g/mol. The summed E-state index contributed by atoms with van der Waals surface area (Å²) < 4.78 is 17.0. The highest BCUT2D eigenvalue weighted by Gasteiger charge is 2.19. The van der Waals surface area contributed by atoms with Crippen LogP contribution >= 0.6 is 0 Å². The maximum absolute atomic E-state index is 13.0. The first-order chi connectivity index (χ1) is 39.0. The Labute approximate surface area is 492 Å². The van der Waals surface area contributed by atoms with Crippen molar-refractivity contribution in [2.24, 2.45) is 0 Å². The predicted octanol–water partition coefficient (Wildman–Crippen LogP) is 24.1. The zero-order chi connectivity index (χ0) is 57.1. The maximum atomic E-state index is 13.0. The highest BCUT2D eigenvalue weighted by atomic mass is 16.6. The molecule has 0 bridgehead atoms. The fraction of sp³-hybridized carbons (Fsp3) is 0.849. The highest BCUT2D eigenvalue weighted by molar-refractivity contribution is 5.71. The van der Waals surface area contributed by atoms with Crippen LogP contribution in [-0.2, 0) is 28.6 Å². The van der Waals surface area contributed by atoms with Crippen LogP contribution < -0.4 is 0 Å². The normalized spacial score (nSPS) is 12.3. The van der Waals surface area contributed by atoms with E-state index < -0.39 is 6.10 Å². The summed E-state index contributed by atoms with van der Waals surface area (Å²) in [5.74, 6) is -0.849. The summed E-state index contributed by atoms with van der Waals surface area (Å²) in [6.45, 7) is 6.68. The number of ether oxygens (including phenoxy) is 3. The van der Waals surface area contributed by atoms with Gasteiger partial charge in [0, 0.05) is 19.3 Å². The minimum Gasteiger partial charge on any atom is -0.462 e. The quantitative estimate of drug-likeness (QED) is 0.0261. The minimum atomic E-state index is -0.775. The molecule has 0 rings (SSSR count). The molecule has 79 heavy (non-hydrogen) atoms. The summed E-state index contributed by atoms with van der Waals surface area (Å²) in [5.41, 5.74) is 0. The molecule has 0 N–H and O–H groups in total. The molecule has 6 nitrogen and oxygen atoms in total. The lowest BCUT2D eigenvalue weighted by molar-refractivity contribution is -0.167. The summed E-state index contributed by atoms with van der Waals surface area (Å²) >= 11 is 0. The van der Waals surface area contributed by atoms with Crippen molar-refractivity contribution < 1.29 is 28.6 Å². The maximum Gasteiger partial charge on any atom is 0.306 e. The van der Waals surface area contributed by atoms with Crippen LogP contribution in [0, 0.1) is 0 Å². The van der Waals surface area contributed by atoms with E-state index in [9.17, 15) is 14.4 Å². The second-order valence-corrected chi connectivity index (χ2v) is 23.8. The average Bonchev–Trinajstić information content (AvgIpc) is 3.45. The lowest BCUT2D eigenvalue weighted by Crippen LogP contribution is -2.30. The summed E-state index contributed by atoms with van der Waals surface area (Å²) in [4.78, 5) is 38.4. The van der Waals surface area contributed by atoms with Crippen LogP contribution in [0.3, 0.4) is 0 Å². The lowest BCUT2D eigenvalue weighted by atomic mass is 10.0. The molecule has 0 radical (unpaired) electrons. The third-order valence-electron chi connectivity index (χ3n) is 15.8. The van der Waals surface area contributed by atoms with Crippen LogP contribution in [0.25, 0.3) is 0 Å². The molecular weight excluding hydrogens is 973 g/mol. The summed E-state index contributed by atoms with van der Waals surface area (Å²) in [5, 5.41) is 0. The van der Waals surface area contributed by atoms with Crippen molar-refractivity contribution >= 4 is 17.9 Å². The molecule has 0 heterocycles. The predicted molar refractivity (Wildman–Crippen MR) is 344 cm³/mol. The van der Waals surface area contributed by atoms with E-state index in [0.29, 0.717) is 19.3 Å². The second-order valence-electron chi connectivity index (χ2n) is 23.8. The second kappa shape index (κ2) is 67.9. The number of allylic oxidation sites excluding steroid dienone is 8. The van der Waals surface area contributed by atoms with E-state index in [0.717, 1.165) is 70.6 Å². The first-order valence-electron chi connectivity index (χ1n) is 35.1. The van der Waals surface area contributed by atoms with Crippen LogP contribution in [0.5, 0.6) is 0 Å². The van der Waals surface area contributed by atoms with Gasteiger partial charge in [-0.05, 0) is 83.5 Å². The molecule has 1 atom stereocenters. The summed E-state index contributed by atoms with van der Waals surface area (Å²) in [6, 6.07) is 0. The number of esters is 3. The zero-order valence-corrected chi connectivity index (χ0v) is 53.2. The fourth-order valence-electron chi connectivity index (χ4n) is 10.5. The Morgan fingerprint density at radius 2 is 0.456 bits per heavy atom. The van der Waals surface area contributed by atoms with Gasteiger partial charge in [0.05, 0.1) is 0 Å². The molecule has 0 aliphatic carbocycles. The molecule has 0 amide bonds. The van der Waals surface area contributed by atoms with Crippen molar-refractivity contribution in [3.63, 3.8) is 0 Å². The molecule has 462 valence electrons. The van der Waals surface area contributed by atoms with E-state index in [1.807, 2.05) is 0 Å². The van der Waals surface area contributed by atoms with Crippen molar-refractivity contribution in [1.82, 2.24) is 0 Å². The van der Waals surface area contributed by atoms with Gasteiger partial charge in [-0.2, -0.15) is 0 Å². The van der Waals surface area contributed by atoms with Crippen LogP contribution in [0.1, 0.15) is 380 Å². The van der Waals surface area contributed by atoms with E-state index in [1.54, 1.807) is 0 Å². The number of hydrogen-bond donors (Lipinski definition) is 0. The smallest absolute Gasteiger partial charge is 0.306 e. The molecule has 0 saturated carbocycles. The fourth-order valence-corrected chi connectivity index (χ4v) is 10.5. The molecule has 0 aromatic carbocycles. The van der Waals surface area contributed by atoms with Gasteiger partial charge < -0.3 is 14.2 Å². The molecule has 6 heteroatoms. The van der Waals surface area contributed by atoms with Crippen molar-refractivity contribution in [3.05, 3.63) is 48.6 Å². The van der Waals surface area contributed by atoms with E-state index in [1.165, 1.54) is 270 Å². The molecule has 0 aromatic rings. The Morgan fingerprint density at radius 1 is 0.253 bits per heavy atom. The highest BCUT2D eigenvalue weighted by Crippen LogP contribution is 2.18. The van der Waals surface area contributed by atoms with Crippen LogP contribution in [0.2, 0.25) is 0 Å². The Bertz CT molecular complexity index is 1360. The van der Waals surface area contributed by atoms with Gasteiger partial charge in [0.1, 0.15) is 13.2 Å². The van der Waals surface area contributed by atoms with E-state index in [2.05, 4.69) is 69.4 Å². The Kier molecular flexibility index (Phi) is 65.6. The van der Waals surface area contributed by atoms with Gasteiger partial charge in [0.2, 0.25) is 0 Å². The topological polar surface area (TPSA) is 78.9 Å². The van der Waals surface area contributed by atoms with Gasteiger partial charge in [-0.25, -0.2) is 0 Å². The molecule has 0 aliphatic heterocycles. The van der Waals surface area contributed by atoms with E-state index in [4.69, 9.17) is 14.2 Å². The van der Waals surface area contributed by atoms with Gasteiger partial charge in [-0.1, -0.05) is 326 Å². The van der Waals surface area contributed by atoms with Gasteiger partial charge in [0.25, 0.3) is 0 Å². The van der Waals surface area contributed by atoms with Crippen molar-refractivity contribution in [2.45, 2.75) is 386 Å². The number of rotatable bonds is 65. The average molecular weight is 1110 g/mol. The third-order valence-corrected chi connectivity index (χ3v) is 15.8. The first kappa shape index (κ1) is 76.4. The minimum absolute atomic E-state index is 0.0703. The van der Waals surface area contributed by atoms with Gasteiger partial charge in [0.15, 0.2) is 6.10 Å². The number of carbonyl (C=O) groups is 3. The first-order valence-corrected chi connectivity index (χ1v) is 35.1. The summed E-state index contributed by atoms with van der Waals surface area (Å²) in [6.07, 6.45) is 85.6. The Morgan fingerprint density at radius 3 is 0.696 bits per heavy atom. The van der Waals surface area contributed by atoms with Crippen LogP contribution in [0.4, 0.5) is 0 Å². The largest absolute Gasteiger partial charge is 0.462 e. The van der Waals surface area contributed by atoms with Gasteiger partial charge >= 0.3 is 17.9 Å². The molecule has 1 unspecified atom stereocenters. The molecule has 0 aromatic heterocycles.